The zero-order valence-corrected chi connectivity index (χ0v) is 12.3. The highest BCUT2D eigenvalue weighted by Gasteiger charge is 2.26. The lowest BCUT2D eigenvalue weighted by Crippen LogP contribution is -2.37. The van der Waals surface area contributed by atoms with E-state index in [1.54, 1.807) is 7.11 Å². The second kappa shape index (κ2) is 7.44. The molecule has 1 aromatic carbocycles. The molecule has 118 valence electrons. The van der Waals surface area contributed by atoms with Crippen molar-refractivity contribution in [3.8, 4) is 5.75 Å². The van der Waals surface area contributed by atoms with E-state index in [1.807, 2.05) is 24.3 Å². The first-order chi connectivity index (χ1) is 10.6. The SMILES string of the molecule is COc1ccc(CCC(=O)OCC(=O)N2CCNC2=O)cc1. The zero-order chi connectivity index (χ0) is 15.9. The lowest BCUT2D eigenvalue weighted by molar-refractivity contribution is -0.150. The molecule has 1 fully saturated rings. The van der Waals surface area contributed by atoms with Gasteiger partial charge >= 0.3 is 12.0 Å². The molecule has 0 radical (unpaired) electrons. The van der Waals surface area contributed by atoms with Crippen LogP contribution in [0.3, 0.4) is 0 Å². The monoisotopic (exact) mass is 306 g/mol. The normalized spacial score (nSPS) is 13.7. The van der Waals surface area contributed by atoms with Crippen molar-refractivity contribution in [2.24, 2.45) is 0 Å². The van der Waals surface area contributed by atoms with Gasteiger partial charge in [0.1, 0.15) is 5.75 Å². The van der Waals surface area contributed by atoms with E-state index in [9.17, 15) is 14.4 Å². The van der Waals surface area contributed by atoms with Gasteiger partial charge in [0, 0.05) is 19.5 Å². The van der Waals surface area contributed by atoms with Crippen LogP contribution >= 0.6 is 0 Å². The van der Waals surface area contributed by atoms with Crippen LogP contribution in [0.5, 0.6) is 5.75 Å². The van der Waals surface area contributed by atoms with Crippen LogP contribution in [0.2, 0.25) is 0 Å². The van der Waals surface area contributed by atoms with Crippen molar-refractivity contribution in [2.75, 3.05) is 26.8 Å². The molecule has 1 aromatic rings. The second-order valence-electron chi connectivity index (χ2n) is 4.79. The summed E-state index contributed by atoms with van der Waals surface area (Å²) in [5, 5.41) is 2.51. The third-order valence-electron chi connectivity index (χ3n) is 3.29. The molecule has 0 aromatic heterocycles. The molecule has 0 bridgehead atoms. The van der Waals surface area contributed by atoms with Crippen molar-refractivity contribution in [3.05, 3.63) is 29.8 Å². The van der Waals surface area contributed by atoms with Crippen LogP contribution in [0.1, 0.15) is 12.0 Å². The number of carbonyl (C=O) groups excluding carboxylic acids is 3. The molecule has 0 saturated carbocycles. The summed E-state index contributed by atoms with van der Waals surface area (Å²) >= 11 is 0. The van der Waals surface area contributed by atoms with E-state index in [0.717, 1.165) is 16.2 Å². The molecule has 1 heterocycles. The molecule has 0 aliphatic carbocycles. The van der Waals surface area contributed by atoms with Crippen molar-refractivity contribution in [3.63, 3.8) is 0 Å². The molecule has 3 amide bonds. The molecule has 1 aliphatic rings. The van der Waals surface area contributed by atoms with Crippen LogP contribution in [0.4, 0.5) is 4.79 Å². The van der Waals surface area contributed by atoms with Crippen LogP contribution in [-0.2, 0) is 20.7 Å². The van der Waals surface area contributed by atoms with Crippen LogP contribution in [0, 0.1) is 0 Å². The molecule has 0 unspecified atom stereocenters. The predicted molar refractivity (Wildman–Crippen MR) is 77.4 cm³/mol. The Bertz CT molecular complexity index is 556. The van der Waals surface area contributed by atoms with E-state index in [1.165, 1.54) is 0 Å². The minimum Gasteiger partial charge on any atom is -0.497 e. The van der Waals surface area contributed by atoms with Gasteiger partial charge in [-0.1, -0.05) is 12.1 Å². The fourth-order valence-corrected chi connectivity index (χ4v) is 2.04. The maximum atomic E-state index is 11.7. The molecule has 7 nitrogen and oxygen atoms in total. The van der Waals surface area contributed by atoms with Crippen molar-refractivity contribution < 1.29 is 23.9 Å². The number of ether oxygens (including phenoxy) is 2. The Morgan fingerprint density at radius 2 is 2.00 bits per heavy atom. The third kappa shape index (κ3) is 4.21. The summed E-state index contributed by atoms with van der Waals surface area (Å²) in [6, 6.07) is 6.92. The standard InChI is InChI=1S/C15H18N2O5/c1-21-12-5-2-11(3-6-12)4-7-14(19)22-10-13(18)17-9-8-16-15(17)20/h2-3,5-6H,4,7-10H2,1H3,(H,16,20). The number of nitrogens with one attached hydrogen (secondary N) is 1. The van der Waals surface area contributed by atoms with Crippen LogP contribution < -0.4 is 10.1 Å². The van der Waals surface area contributed by atoms with Gasteiger partial charge < -0.3 is 14.8 Å². The fraction of sp³-hybridized carbons (Fsp3) is 0.400. The Kier molecular flexibility index (Phi) is 5.35. The molecule has 0 spiro atoms. The topological polar surface area (TPSA) is 84.9 Å². The van der Waals surface area contributed by atoms with Crippen molar-refractivity contribution in [1.29, 1.82) is 0 Å². The molecule has 7 heteroatoms. The van der Waals surface area contributed by atoms with Crippen molar-refractivity contribution in [1.82, 2.24) is 10.2 Å². The van der Waals surface area contributed by atoms with Crippen LogP contribution in [-0.4, -0.2) is 49.6 Å². The number of carbonyl (C=O) groups is 3. The van der Waals surface area contributed by atoms with E-state index in [0.29, 0.717) is 19.5 Å². The molecule has 22 heavy (non-hydrogen) atoms. The average Bonchev–Trinajstić information content (AvgIpc) is 2.97. The summed E-state index contributed by atoms with van der Waals surface area (Å²) in [5.41, 5.74) is 0.975. The molecule has 0 atom stereocenters. The quantitative estimate of drug-likeness (QED) is 0.783. The minimum atomic E-state index is -0.507. The van der Waals surface area contributed by atoms with Gasteiger partial charge in [-0.25, -0.2) is 4.79 Å². The summed E-state index contributed by atoms with van der Waals surface area (Å²) in [5.74, 6) is -0.225. The minimum absolute atomic E-state index is 0.172. The number of urea groups is 1. The third-order valence-corrected chi connectivity index (χ3v) is 3.29. The van der Waals surface area contributed by atoms with Gasteiger partial charge in [-0.2, -0.15) is 0 Å². The highest BCUT2D eigenvalue weighted by atomic mass is 16.5. The highest BCUT2D eigenvalue weighted by Crippen LogP contribution is 2.12. The van der Waals surface area contributed by atoms with Gasteiger partial charge in [0.15, 0.2) is 6.61 Å². The van der Waals surface area contributed by atoms with Gasteiger partial charge in [-0.05, 0) is 24.1 Å². The largest absolute Gasteiger partial charge is 0.497 e. The number of hydrogen-bond donors (Lipinski definition) is 1. The number of amides is 3. The number of hydrogen-bond acceptors (Lipinski definition) is 5. The highest BCUT2D eigenvalue weighted by molar-refractivity contribution is 5.96. The van der Waals surface area contributed by atoms with Crippen LogP contribution in [0.25, 0.3) is 0 Å². The van der Waals surface area contributed by atoms with E-state index in [4.69, 9.17) is 9.47 Å². The number of rotatable bonds is 6. The Morgan fingerprint density at radius 1 is 1.27 bits per heavy atom. The van der Waals surface area contributed by atoms with Gasteiger partial charge in [-0.15, -0.1) is 0 Å². The molecular weight excluding hydrogens is 288 g/mol. The fourth-order valence-electron chi connectivity index (χ4n) is 2.04. The summed E-state index contributed by atoms with van der Waals surface area (Å²) in [7, 11) is 1.59. The van der Waals surface area contributed by atoms with Gasteiger partial charge in [0.25, 0.3) is 5.91 Å². The summed E-state index contributed by atoms with van der Waals surface area (Å²) in [6.07, 6.45) is 0.688. The van der Waals surface area contributed by atoms with Gasteiger partial charge in [0.2, 0.25) is 0 Å². The van der Waals surface area contributed by atoms with Crippen molar-refractivity contribution in [2.45, 2.75) is 12.8 Å². The Morgan fingerprint density at radius 3 is 2.59 bits per heavy atom. The number of nitrogens with zero attached hydrogens (tertiary/aromatic N) is 1. The summed E-state index contributed by atoms with van der Waals surface area (Å²) < 4.78 is 9.95. The van der Waals surface area contributed by atoms with Gasteiger partial charge in [0.05, 0.1) is 7.11 Å². The van der Waals surface area contributed by atoms with E-state index in [2.05, 4.69) is 5.32 Å². The zero-order valence-electron chi connectivity index (χ0n) is 12.3. The molecule has 1 saturated heterocycles. The lowest BCUT2D eigenvalue weighted by atomic mass is 10.1. The van der Waals surface area contributed by atoms with E-state index >= 15 is 0 Å². The molecular formula is C15H18N2O5. The predicted octanol–water partition coefficient (Wildman–Crippen LogP) is 0.723. The number of imide groups is 1. The Labute approximate surface area is 128 Å². The van der Waals surface area contributed by atoms with Gasteiger partial charge in [-0.3, -0.25) is 14.5 Å². The first-order valence-electron chi connectivity index (χ1n) is 6.97. The number of aryl methyl sites for hydroxylation is 1. The van der Waals surface area contributed by atoms with E-state index < -0.39 is 24.5 Å². The Hall–Kier alpha value is -2.57. The Balaban J connectivity index is 1.71. The number of esters is 1. The van der Waals surface area contributed by atoms with E-state index in [-0.39, 0.29) is 6.42 Å². The number of benzene rings is 1. The lowest BCUT2D eigenvalue weighted by Gasteiger charge is -2.12. The first-order valence-corrected chi connectivity index (χ1v) is 6.97. The smallest absolute Gasteiger partial charge is 0.324 e. The first kappa shape index (κ1) is 15.8. The van der Waals surface area contributed by atoms with Crippen molar-refractivity contribution >= 4 is 17.9 Å². The second-order valence-corrected chi connectivity index (χ2v) is 4.79. The number of methoxy groups -OCH3 is 1. The van der Waals surface area contributed by atoms with Crippen LogP contribution in [0.15, 0.2) is 24.3 Å². The molecule has 2 rings (SSSR count). The summed E-state index contributed by atoms with van der Waals surface area (Å²) in [6.45, 7) is 0.325. The molecule has 1 aliphatic heterocycles. The molecule has 1 N–H and O–H groups in total. The maximum absolute atomic E-state index is 11.7. The maximum Gasteiger partial charge on any atom is 0.324 e. The summed E-state index contributed by atoms with van der Waals surface area (Å²) in [4.78, 5) is 35.6. The average molecular weight is 306 g/mol.